The predicted octanol–water partition coefficient (Wildman–Crippen LogP) is 4.47. The summed E-state index contributed by atoms with van der Waals surface area (Å²) >= 11 is 1.61. The normalized spacial score (nSPS) is 18.7. The Balaban J connectivity index is 1.45. The molecular formula is C21H23NO2S. The second-order valence-corrected chi connectivity index (χ2v) is 7.80. The van der Waals surface area contributed by atoms with E-state index in [1.807, 2.05) is 24.3 Å². The van der Waals surface area contributed by atoms with E-state index in [0.717, 1.165) is 36.3 Å². The van der Waals surface area contributed by atoms with Gasteiger partial charge in [-0.25, -0.2) is 0 Å². The third-order valence-corrected chi connectivity index (χ3v) is 6.08. The van der Waals surface area contributed by atoms with E-state index in [-0.39, 0.29) is 11.9 Å². The fourth-order valence-electron chi connectivity index (χ4n) is 3.70. The van der Waals surface area contributed by atoms with Crippen LogP contribution in [0.1, 0.15) is 36.4 Å². The number of amides is 1. The van der Waals surface area contributed by atoms with Crippen molar-refractivity contribution in [1.82, 2.24) is 4.90 Å². The molecule has 130 valence electrons. The Morgan fingerprint density at radius 3 is 2.60 bits per heavy atom. The number of aryl methyl sites for hydroxylation is 1. The summed E-state index contributed by atoms with van der Waals surface area (Å²) in [6.07, 6.45) is 4.45. The fourth-order valence-corrected chi connectivity index (χ4v) is 4.47. The van der Waals surface area contributed by atoms with Crippen molar-refractivity contribution in [3.63, 3.8) is 0 Å². The van der Waals surface area contributed by atoms with E-state index in [1.54, 1.807) is 18.9 Å². The fraction of sp³-hybridized carbons (Fsp3) is 0.381. The summed E-state index contributed by atoms with van der Waals surface area (Å²) in [6, 6.07) is 17.2. The monoisotopic (exact) mass is 353 g/mol. The molecule has 2 aliphatic rings. The number of rotatable bonds is 6. The van der Waals surface area contributed by atoms with E-state index in [1.165, 1.54) is 11.1 Å². The number of benzene rings is 2. The Morgan fingerprint density at radius 2 is 1.88 bits per heavy atom. The first-order chi connectivity index (χ1) is 12.3. The molecular weight excluding hydrogens is 330 g/mol. The van der Waals surface area contributed by atoms with E-state index < -0.39 is 0 Å². The van der Waals surface area contributed by atoms with Gasteiger partial charge in [0.25, 0.3) is 0 Å². The van der Waals surface area contributed by atoms with Crippen LogP contribution in [0.15, 0.2) is 53.4 Å². The minimum Gasteiger partial charge on any atom is -0.497 e. The average Bonchev–Trinajstić information content (AvgIpc) is 3.40. The second kappa shape index (κ2) is 7.12. The lowest BCUT2D eigenvalue weighted by molar-refractivity contribution is -0.131. The smallest absolute Gasteiger partial charge is 0.233 e. The third-order valence-electron chi connectivity index (χ3n) is 5.09. The number of hydrogen-bond donors (Lipinski definition) is 0. The first kappa shape index (κ1) is 16.5. The minimum atomic E-state index is 0.269. The summed E-state index contributed by atoms with van der Waals surface area (Å²) in [6.45, 7) is 0. The van der Waals surface area contributed by atoms with E-state index in [9.17, 15) is 4.79 Å². The molecule has 4 heteroatoms. The second-order valence-electron chi connectivity index (χ2n) is 6.75. The van der Waals surface area contributed by atoms with Crippen molar-refractivity contribution >= 4 is 17.7 Å². The number of fused-ring (bicyclic) bond motifs is 1. The minimum absolute atomic E-state index is 0.269. The molecule has 1 unspecified atom stereocenters. The van der Waals surface area contributed by atoms with Crippen LogP contribution in [0.5, 0.6) is 5.75 Å². The van der Waals surface area contributed by atoms with Crippen LogP contribution in [0.4, 0.5) is 0 Å². The zero-order valence-corrected chi connectivity index (χ0v) is 15.3. The molecule has 1 amide bonds. The Morgan fingerprint density at radius 1 is 1.12 bits per heavy atom. The molecule has 0 bridgehead atoms. The highest BCUT2D eigenvalue weighted by atomic mass is 32.2. The summed E-state index contributed by atoms with van der Waals surface area (Å²) in [5.41, 5.74) is 2.77. The molecule has 0 spiro atoms. The van der Waals surface area contributed by atoms with Gasteiger partial charge in [-0.05, 0) is 61.1 Å². The number of carbonyl (C=O) groups is 1. The van der Waals surface area contributed by atoms with Crippen LogP contribution in [0.3, 0.4) is 0 Å². The molecule has 1 fully saturated rings. The summed E-state index contributed by atoms with van der Waals surface area (Å²) in [5.74, 6) is 1.62. The van der Waals surface area contributed by atoms with Crippen LogP contribution >= 0.6 is 11.8 Å². The van der Waals surface area contributed by atoms with Crippen LogP contribution in [-0.4, -0.2) is 29.7 Å². The lowest BCUT2D eigenvalue weighted by Gasteiger charge is -2.30. The van der Waals surface area contributed by atoms with Gasteiger partial charge in [-0.3, -0.25) is 4.79 Å². The van der Waals surface area contributed by atoms with Crippen molar-refractivity contribution < 1.29 is 9.53 Å². The molecule has 2 aromatic rings. The summed E-state index contributed by atoms with van der Waals surface area (Å²) in [5, 5.41) is 0. The van der Waals surface area contributed by atoms with Crippen LogP contribution in [0.2, 0.25) is 0 Å². The number of thioether (sulfide) groups is 1. The number of carbonyl (C=O) groups excluding carboxylic acids is 1. The molecule has 4 rings (SSSR count). The maximum atomic E-state index is 13.0. The Kier molecular flexibility index (Phi) is 4.71. The van der Waals surface area contributed by atoms with Crippen molar-refractivity contribution in [2.24, 2.45) is 0 Å². The van der Waals surface area contributed by atoms with Crippen LogP contribution in [0.25, 0.3) is 0 Å². The molecule has 0 heterocycles. The molecule has 0 N–H and O–H groups in total. The molecule has 3 nitrogen and oxygen atoms in total. The van der Waals surface area contributed by atoms with E-state index in [4.69, 9.17) is 4.74 Å². The van der Waals surface area contributed by atoms with E-state index in [2.05, 4.69) is 29.2 Å². The molecule has 0 saturated heterocycles. The largest absolute Gasteiger partial charge is 0.497 e. The van der Waals surface area contributed by atoms with Gasteiger partial charge in [-0.1, -0.05) is 24.3 Å². The molecule has 2 aliphatic carbocycles. The first-order valence-corrected chi connectivity index (χ1v) is 9.90. The zero-order chi connectivity index (χ0) is 17.2. The quantitative estimate of drug-likeness (QED) is 0.718. The molecule has 1 saturated carbocycles. The zero-order valence-electron chi connectivity index (χ0n) is 14.5. The molecule has 0 aliphatic heterocycles. The standard InChI is InChI=1S/C21H23NO2S/c1-24-17-9-11-18(12-10-17)25-14-21(23)22(16-7-8-16)20-13-6-15-4-2-3-5-19(15)20/h2-5,9-12,16,20H,6-8,13-14H2,1H3. The lowest BCUT2D eigenvalue weighted by Crippen LogP contribution is -2.37. The predicted molar refractivity (Wildman–Crippen MR) is 101 cm³/mol. The van der Waals surface area contributed by atoms with Gasteiger partial charge in [-0.15, -0.1) is 11.8 Å². The Hall–Kier alpha value is -1.94. The number of nitrogens with zero attached hydrogens (tertiary/aromatic N) is 1. The van der Waals surface area contributed by atoms with Gasteiger partial charge in [0.2, 0.25) is 5.91 Å². The van der Waals surface area contributed by atoms with Gasteiger partial charge in [0.05, 0.1) is 18.9 Å². The maximum Gasteiger partial charge on any atom is 0.233 e. The maximum absolute atomic E-state index is 13.0. The third kappa shape index (κ3) is 3.54. The highest BCUT2D eigenvalue weighted by Crippen LogP contribution is 2.42. The van der Waals surface area contributed by atoms with Crippen molar-refractivity contribution in [1.29, 1.82) is 0 Å². The van der Waals surface area contributed by atoms with Gasteiger partial charge in [0, 0.05) is 10.9 Å². The van der Waals surface area contributed by atoms with Gasteiger partial charge in [0.15, 0.2) is 0 Å². The average molecular weight is 353 g/mol. The SMILES string of the molecule is COc1ccc(SCC(=O)N(C2CC2)C2CCc3ccccc32)cc1. The Labute approximate surface area is 153 Å². The van der Waals surface area contributed by atoms with Gasteiger partial charge in [0.1, 0.15) is 5.75 Å². The van der Waals surface area contributed by atoms with Crippen molar-refractivity contribution in [3.05, 3.63) is 59.7 Å². The van der Waals surface area contributed by atoms with Crippen molar-refractivity contribution in [2.75, 3.05) is 12.9 Å². The van der Waals surface area contributed by atoms with E-state index in [0.29, 0.717) is 11.8 Å². The summed E-state index contributed by atoms with van der Waals surface area (Å²) in [7, 11) is 1.67. The van der Waals surface area contributed by atoms with Crippen molar-refractivity contribution in [3.8, 4) is 5.75 Å². The number of methoxy groups -OCH3 is 1. The van der Waals surface area contributed by atoms with Crippen LogP contribution < -0.4 is 4.74 Å². The van der Waals surface area contributed by atoms with Gasteiger partial charge >= 0.3 is 0 Å². The van der Waals surface area contributed by atoms with Gasteiger partial charge in [-0.2, -0.15) is 0 Å². The Bertz CT molecular complexity index is 755. The lowest BCUT2D eigenvalue weighted by atomic mass is 10.1. The van der Waals surface area contributed by atoms with E-state index >= 15 is 0 Å². The van der Waals surface area contributed by atoms with Crippen LogP contribution in [-0.2, 0) is 11.2 Å². The highest BCUT2D eigenvalue weighted by Gasteiger charge is 2.40. The topological polar surface area (TPSA) is 29.5 Å². The first-order valence-electron chi connectivity index (χ1n) is 8.92. The number of ether oxygens (including phenoxy) is 1. The summed E-state index contributed by atoms with van der Waals surface area (Å²) in [4.78, 5) is 16.3. The molecule has 0 aromatic heterocycles. The van der Waals surface area contributed by atoms with Gasteiger partial charge < -0.3 is 9.64 Å². The molecule has 0 radical (unpaired) electrons. The van der Waals surface area contributed by atoms with Crippen molar-refractivity contribution in [2.45, 2.75) is 42.7 Å². The summed E-state index contributed by atoms with van der Waals surface area (Å²) < 4.78 is 5.19. The molecule has 25 heavy (non-hydrogen) atoms. The number of hydrogen-bond acceptors (Lipinski definition) is 3. The van der Waals surface area contributed by atoms with Crippen LogP contribution in [0, 0.1) is 0 Å². The molecule has 1 atom stereocenters. The highest BCUT2D eigenvalue weighted by molar-refractivity contribution is 8.00. The molecule has 2 aromatic carbocycles.